The second kappa shape index (κ2) is 8.03. The molecule has 3 rings (SSSR count). The highest BCUT2D eigenvalue weighted by atomic mass is 19.1. The number of ether oxygens (including phenoxy) is 1. The molecule has 0 bridgehead atoms. The average Bonchev–Trinajstić information content (AvgIpc) is 3.10. The Hall–Kier alpha value is -1.83. The average molecular weight is 348 g/mol. The zero-order chi connectivity index (χ0) is 17.8. The summed E-state index contributed by atoms with van der Waals surface area (Å²) in [4.78, 5) is 8.96. The number of benzene rings is 1. The summed E-state index contributed by atoms with van der Waals surface area (Å²) in [5.74, 6) is 1.04. The summed E-state index contributed by atoms with van der Waals surface area (Å²) in [5, 5.41) is 3.96. The van der Waals surface area contributed by atoms with Crippen LogP contribution in [0.15, 0.2) is 28.8 Å². The maximum Gasteiger partial charge on any atom is 0.240 e. The summed E-state index contributed by atoms with van der Waals surface area (Å²) in [7, 11) is 1.62. The van der Waals surface area contributed by atoms with E-state index in [1.165, 1.54) is 6.07 Å². The van der Waals surface area contributed by atoms with Gasteiger partial charge < -0.3 is 9.26 Å². The number of hydrogen-bond acceptors (Lipinski definition) is 6. The molecule has 136 valence electrons. The minimum atomic E-state index is -0.170. The molecule has 1 saturated heterocycles. The molecule has 0 radical (unpaired) electrons. The van der Waals surface area contributed by atoms with E-state index in [4.69, 9.17) is 9.26 Å². The summed E-state index contributed by atoms with van der Waals surface area (Å²) in [6.45, 7) is 8.11. The molecule has 7 heteroatoms. The van der Waals surface area contributed by atoms with Gasteiger partial charge in [-0.05, 0) is 19.9 Å². The third kappa shape index (κ3) is 4.23. The SMILES string of the molecule is CO[C@@H](C)c1noc(CN2CCN([C@@H](C)c3ccccc3F)CC2)n1. The smallest absolute Gasteiger partial charge is 0.240 e. The molecule has 2 atom stereocenters. The van der Waals surface area contributed by atoms with E-state index < -0.39 is 0 Å². The molecule has 0 spiro atoms. The summed E-state index contributed by atoms with van der Waals surface area (Å²) >= 11 is 0. The summed E-state index contributed by atoms with van der Waals surface area (Å²) < 4.78 is 24.5. The van der Waals surface area contributed by atoms with Crippen molar-refractivity contribution in [2.24, 2.45) is 0 Å². The Balaban J connectivity index is 1.53. The number of methoxy groups -OCH3 is 1. The van der Waals surface area contributed by atoms with E-state index in [0.29, 0.717) is 18.3 Å². The molecule has 1 aromatic heterocycles. The Bertz CT molecular complexity index is 685. The Labute approximate surface area is 147 Å². The molecule has 0 N–H and O–H groups in total. The molecule has 1 aliphatic heterocycles. The minimum Gasteiger partial charge on any atom is -0.374 e. The van der Waals surface area contributed by atoms with Gasteiger partial charge in [0.25, 0.3) is 0 Å². The van der Waals surface area contributed by atoms with Crippen molar-refractivity contribution in [2.75, 3.05) is 33.3 Å². The number of piperazine rings is 1. The first-order valence-corrected chi connectivity index (χ1v) is 8.64. The van der Waals surface area contributed by atoms with Crippen molar-refractivity contribution in [1.29, 1.82) is 0 Å². The molecular formula is C18H25FN4O2. The lowest BCUT2D eigenvalue weighted by Gasteiger charge is -2.37. The van der Waals surface area contributed by atoms with Gasteiger partial charge in [0, 0.05) is 44.9 Å². The van der Waals surface area contributed by atoms with Gasteiger partial charge in [0.15, 0.2) is 5.82 Å². The van der Waals surface area contributed by atoms with Crippen LogP contribution in [0.2, 0.25) is 0 Å². The van der Waals surface area contributed by atoms with Crippen LogP contribution in [-0.2, 0) is 11.3 Å². The van der Waals surface area contributed by atoms with Crippen LogP contribution in [0.1, 0.15) is 43.3 Å². The summed E-state index contributed by atoms with van der Waals surface area (Å²) in [5.41, 5.74) is 0.756. The number of hydrogen-bond donors (Lipinski definition) is 0. The predicted molar refractivity (Wildman–Crippen MR) is 91.4 cm³/mol. The molecule has 2 aromatic rings. The highest BCUT2D eigenvalue weighted by molar-refractivity contribution is 5.20. The minimum absolute atomic E-state index is 0.0703. The zero-order valence-electron chi connectivity index (χ0n) is 15.0. The van der Waals surface area contributed by atoms with Crippen LogP contribution in [0.5, 0.6) is 0 Å². The molecular weight excluding hydrogens is 323 g/mol. The van der Waals surface area contributed by atoms with Crippen LogP contribution in [0.3, 0.4) is 0 Å². The van der Waals surface area contributed by atoms with Gasteiger partial charge in [0.05, 0.1) is 6.54 Å². The predicted octanol–water partition coefficient (Wildman–Crippen LogP) is 2.79. The van der Waals surface area contributed by atoms with Crippen LogP contribution in [0.25, 0.3) is 0 Å². The highest BCUT2D eigenvalue weighted by Gasteiger charge is 2.25. The van der Waals surface area contributed by atoms with E-state index in [9.17, 15) is 4.39 Å². The number of nitrogens with zero attached hydrogens (tertiary/aromatic N) is 4. The van der Waals surface area contributed by atoms with Crippen molar-refractivity contribution < 1.29 is 13.7 Å². The maximum absolute atomic E-state index is 14.0. The third-order valence-electron chi connectivity index (χ3n) is 4.87. The van der Waals surface area contributed by atoms with Crippen molar-refractivity contribution in [1.82, 2.24) is 19.9 Å². The molecule has 1 aliphatic rings. The first kappa shape index (κ1) is 18.0. The Morgan fingerprint density at radius 3 is 2.60 bits per heavy atom. The second-order valence-corrected chi connectivity index (χ2v) is 6.43. The van der Waals surface area contributed by atoms with Gasteiger partial charge in [-0.2, -0.15) is 4.98 Å². The van der Waals surface area contributed by atoms with E-state index in [2.05, 4.69) is 26.9 Å². The van der Waals surface area contributed by atoms with Crippen molar-refractivity contribution in [3.05, 3.63) is 47.4 Å². The van der Waals surface area contributed by atoms with Crippen LogP contribution in [0, 0.1) is 5.82 Å². The van der Waals surface area contributed by atoms with Gasteiger partial charge in [-0.3, -0.25) is 9.80 Å². The van der Waals surface area contributed by atoms with Gasteiger partial charge in [-0.15, -0.1) is 0 Å². The standard InChI is InChI=1S/C18H25FN4O2/c1-13(15-6-4-5-7-16(15)19)23-10-8-22(9-11-23)12-17-20-18(21-25-17)14(2)24-3/h4-7,13-14H,8-12H2,1-3H3/t13-,14-/m0/s1. The van der Waals surface area contributed by atoms with Crippen molar-refractivity contribution >= 4 is 0 Å². The largest absolute Gasteiger partial charge is 0.374 e. The lowest BCUT2D eigenvalue weighted by atomic mass is 10.1. The van der Waals surface area contributed by atoms with Crippen molar-refractivity contribution in [2.45, 2.75) is 32.5 Å². The van der Waals surface area contributed by atoms with E-state index in [0.717, 1.165) is 31.7 Å². The van der Waals surface area contributed by atoms with Gasteiger partial charge in [-0.25, -0.2) is 4.39 Å². The van der Waals surface area contributed by atoms with Gasteiger partial charge >= 0.3 is 0 Å². The molecule has 2 heterocycles. The Kier molecular flexibility index (Phi) is 5.78. The first-order chi connectivity index (χ1) is 12.1. The topological polar surface area (TPSA) is 54.6 Å². The van der Waals surface area contributed by atoms with Crippen LogP contribution >= 0.6 is 0 Å². The first-order valence-electron chi connectivity index (χ1n) is 8.64. The Morgan fingerprint density at radius 2 is 1.92 bits per heavy atom. The number of rotatable bonds is 6. The third-order valence-corrected chi connectivity index (χ3v) is 4.87. The monoisotopic (exact) mass is 348 g/mol. The van der Waals surface area contributed by atoms with E-state index >= 15 is 0 Å². The fourth-order valence-corrected chi connectivity index (χ4v) is 3.11. The fraction of sp³-hybridized carbons (Fsp3) is 0.556. The quantitative estimate of drug-likeness (QED) is 0.800. The van der Waals surface area contributed by atoms with E-state index in [-0.39, 0.29) is 18.0 Å². The van der Waals surface area contributed by atoms with E-state index in [1.54, 1.807) is 13.2 Å². The normalized spacial score (nSPS) is 19.0. The van der Waals surface area contributed by atoms with Gasteiger partial charge in [0.1, 0.15) is 11.9 Å². The van der Waals surface area contributed by atoms with Gasteiger partial charge in [0.2, 0.25) is 5.89 Å². The molecule has 1 aromatic carbocycles. The second-order valence-electron chi connectivity index (χ2n) is 6.43. The van der Waals surface area contributed by atoms with Crippen LogP contribution < -0.4 is 0 Å². The van der Waals surface area contributed by atoms with Crippen molar-refractivity contribution in [3.63, 3.8) is 0 Å². The molecule has 6 nitrogen and oxygen atoms in total. The molecule has 25 heavy (non-hydrogen) atoms. The lowest BCUT2D eigenvalue weighted by molar-refractivity contribution is 0.0892. The maximum atomic E-state index is 14.0. The van der Waals surface area contributed by atoms with E-state index in [1.807, 2.05) is 19.1 Å². The van der Waals surface area contributed by atoms with Crippen molar-refractivity contribution in [3.8, 4) is 0 Å². The van der Waals surface area contributed by atoms with Gasteiger partial charge in [-0.1, -0.05) is 23.4 Å². The number of halogens is 1. The van der Waals surface area contributed by atoms with Crippen LogP contribution in [0.4, 0.5) is 4.39 Å². The molecule has 1 fully saturated rings. The molecule has 0 unspecified atom stereocenters. The summed E-state index contributed by atoms with van der Waals surface area (Å²) in [6.07, 6.45) is -0.170. The lowest BCUT2D eigenvalue weighted by Crippen LogP contribution is -2.46. The Morgan fingerprint density at radius 1 is 1.20 bits per heavy atom. The molecule has 0 aliphatic carbocycles. The summed E-state index contributed by atoms with van der Waals surface area (Å²) in [6, 6.07) is 7.08. The molecule has 0 amide bonds. The fourth-order valence-electron chi connectivity index (χ4n) is 3.11. The number of aromatic nitrogens is 2. The highest BCUT2D eigenvalue weighted by Crippen LogP contribution is 2.24. The molecule has 0 saturated carbocycles. The zero-order valence-corrected chi connectivity index (χ0v) is 15.0. The van der Waals surface area contributed by atoms with Crippen LogP contribution in [-0.4, -0.2) is 53.2 Å².